The first-order valence-electron chi connectivity index (χ1n) is 10.5. The molecule has 0 amide bonds. The Morgan fingerprint density at radius 3 is 1.31 bits per heavy atom. The Labute approximate surface area is 194 Å². The van der Waals surface area contributed by atoms with Crippen LogP contribution in [0.15, 0.2) is 115 Å². The standard InChI is InChI=1S/C28H21N3Se/c1-4-10-21(11-5-1)20-32-25-18-16-24(17-19-25)28-30-26(22-12-6-2-7-13-22)29-27(31-28)23-14-8-3-9-15-23/h1-19H,20H2. The van der Waals surface area contributed by atoms with Crippen LogP contribution >= 0.6 is 0 Å². The number of nitrogens with zero attached hydrogens (tertiary/aromatic N) is 3. The van der Waals surface area contributed by atoms with E-state index >= 15 is 0 Å². The molecule has 3 nitrogen and oxygen atoms in total. The molecule has 0 N–H and O–H groups in total. The molecule has 0 aliphatic heterocycles. The second-order valence-electron chi connectivity index (χ2n) is 7.34. The van der Waals surface area contributed by atoms with Crippen LogP contribution in [0.2, 0.25) is 0 Å². The summed E-state index contributed by atoms with van der Waals surface area (Å²) in [4.78, 5) is 14.4. The fourth-order valence-electron chi connectivity index (χ4n) is 3.38. The summed E-state index contributed by atoms with van der Waals surface area (Å²) in [5.74, 6) is 2.07. The Morgan fingerprint density at radius 1 is 0.438 bits per heavy atom. The normalized spacial score (nSPS) is 10.8. The average Bonchev–Trinajstić information content (AvgIpc) is 2.89. The summed E-state index contributed by atoms with van der Waals surface area (Å²) in [6.45, 7) is 0. The molecule has 1 heterocycles. The molecule has 0 saturated carbocycles. The maximum atomic E-state index is 4.81. The number of aromatic nitrogens is 3. The minimum atomic E-state index is 0.392. The second-order valence-corrected chi connectivity index (χ2v) is 9.54. The van der Waals surface area contributed by atoms with E-state index in [0.717, 1.165) is 22.0 Å². The van der Waals surface area contributed by atoms with Gasteiger partial charge in [0.15, 0.2) is 0 Å². The SMILES string of the molecule is c1ccc(C[Se]c2ccc(-c3nc(-c4ccccc4)nc(-c4ccccc4)n3)cc2)cc1. The van der Waals surface area contributed by atoms with Crippen molar-refractivity contribution < 1.29 is 0 Å². The molecule has 32 heavy (non-hydrogen) atoms. The Hall–Kier alpha value is -3.59. The summed E-state index contributed by atoms with van der Waals surface area (Å²) in [6, 6.07) is 39.4. The fourth-order valence-corrected chi connectivity index (χ4v) is 5.17. The molecule has 0 saturated heterocycles. The van der Waals surface area contributed by atoms with Gasteiger partial charge in [-0.3, -0.25) is 0 Å². The third kappa shape index (κ3) is 4.83. The molecule has 4 aromatic carbocycles. The van der Waals surface area contributed by atoms with Crippen molar-refractivity contribution >= 4 is 19.4 Å². The Kier molecular flexibility index (Phi) is 6.16. The van der Waals surface area contributed by atoms with Crippen molar-refractivity contribution in [3.63, 3.8) is 0 Å². The van der Waals surface area contributed by atoms with Crippen molar-refractivity contribution in [1.29, 1.82) is 0 Å². The van der Waals surface area contributed by atoms with Crippen molar-refractivity contribution in [2.45, 2.75) is 5.32 Å². The molecule has 0 aliphatic carbocycles. The molecule has 1 aromatic heterocycles. The van der Waals surface area contributed by atoms with Crippen molar-refractivity contribution in [3.05, 3.63) is 121 Å². The summed E-state index contributed by atoms with van der Waals surface area (Å²) < 4.78 is 1.37. The van der Waals surface area contributed by atoms with Gasteiger partial charge in [-0.2, -0.15) is 0 Å². The minimum absolute atomic E-state index is 0.392. The van der Waals surface area contributed by atoms with Crippen LogP contribution in [0, 0.1) is 0 Å². The van der Waals surface area contributed by atoms with Gasteiger partial charge in [-0.1, -0.05) is 0 Å². The van der Waals surface area contributed by atoms with E-state index in [4.69, 9.17) is 15.0 Å². The molecule has 0 aliphatic rings. The molecule has 0 bridgehead atoms. The summed E-state index contributed by atoms with van der Waals surface area (Å²) in [5.41, 5.74) is 4.35. The summed E-state index contributed by atoms with van der Waals surface area (Å²) in [5, 5.41) is 1.09. The van der Waals surface area contributed by atoms with Crippen LogP contribution < -0.4 is 4.46 Å². The molecule has 0 fully saturated rings. The van der Waals surface area contributed by atoms with Gasteiger partial charge in [0.2, 0.25) is 0 Å². The summed E-state index contributed by atoms with van der Waals surface area (Å²) in [7, 11) is 0. The molecule has 0 atom stereocenters. The van der Waals surface area contributed by atoms with E-state index in [1.807, 2.05) is 60.7 Å². The number of hydrogen-bond acceptors (Lipinski definition) is 3. The Bertz CT molecular complexity index is 1230. The third-order valence-electron chi connectivity index (χ3n) is 5.06. The molecule has 0 spiro atoms. The van der Waals surface area contributed by atoms with Crippen LogP contribution in [0.3, 0.4) is 0 Å². The summed E-state index contributed by atoms with van der Waals surface area (Å²) >= 11 is 0.392. The number of benzene rings is 4. The van der Waals surface area contributed by atoms with Gasteiger partial charge in [0, 0.05) is 0 Å². The van der Waals surface area contributed by atoms with E-state index < -0.39 is 0 Å². The zero-order chi connectivity index (χ0) is 21.6. The van der Waals surface area contributed by atoms with Gasteiger partial charge in [-0.25, -0.2) is 0 Å². The van der Waals surface area contributed by atoms with Crippen LogP contribution in [0.25, 0.3) is 34.2 Å². The van der Waals surface area contributed by atoms with E-state index in [2.05, 4.69) is 54.6 Å². The predicted molar refractivity (Wildman–Crippen MR) is 132 cm³/mol. The zero-order valence-electron chi connectivity index (χ0n) is 17.4. The van der Waals surface area contributed by atoms with Gasteiger partial charge in [-0.05, 0) is 0 Å². The van der Waals surface area contributed by atoms with Gasteiger partial charge in [0.05, 0.1) is 0 Å². The average molecular weight is 478 g/mol. The van der Waals surface area contributed by atoms with Gasteiger partial charge >= 0.3 is 195 Å². The van der Waals surface area contributed by atoms with E-state index in [-0.39, 0.29) is 0 Å². The van der Waals surface area contributed by atoms with Crippen LogP contribution in [0.4, 0.5) is 0 Å². The van der Waals surface area contributed by atoms with E-state index in [1.165, 1.54) is 10.0 Å². The molecule has 4 heteroatoms. The molecule has 5 rings (SSSR count). The molecular weight excluding hydrogens is 457 g/mol. The van der Waals surface area contributed by atoms with Gasteiger partial charge in [-0.15, -0.1) is 0 Å². The van der Waals surface area contributed by atoms with Crippen molar-refractivity contribution in [2.24, 2.45) is 0 Å². The van der Waals surface area contributed by atoms with Gasteiger partial charge in [0.1, 0.15) is 0 Å². The van der Waals surface area contributed by atoms with Crippen LogP contribution in [0.5, 0.6) is 0 Å². The number of rotatable bonds is 6. The van der Waals surface area contributed by atoms with Crippen LogP contribution in [0.1, 0.15) is 5.56 Å². The maximum absolute atomic E-state index is 4.81. The van der Waals surface area contributed by atoms with Gasteiger partial charge in [0.25, 0.3) is 0 Å². The Balaban J connectivity index is 1.47. The summed E-state index contributed by atoms with van der Waals surface area (Å²) in [6.07, 6.45) is 0. The van der Waals surface area contributed by atoms with E-state index in [0.29, 0.717) is 32.4 Å². The topological polar surface area (TPSA) is 38.7 Å². The Morgan fingerprint density at radius 2 is 0.844 bits per heavy atom. The molecule has 5 aromatic rings. The number of hydrogen-bond donors (Lipinski definition) is 0. The van der Waals surface area contributed by atoms with Crippen molar-refractivity contribution in [3.8, 4) is 34.2 Å². The molecule has 0 unspecified atom stereocenters. The third-order valence-corrected chi connectivity index (χ3v) is 7.33. The molecular formula is C28H21N3Se. The van der Waals surface area contributed by atoms with Crippen molar-refractivity contribution in [2.75, 3.05) is 0 Å². The predicted octanol–water partition coefficient (Wildman–Crippen LogP) is 5.40. The molecule has 0 radical (unpaired) electrons. The zero-order valence-corrected chi connectivity index (χ0v) is 19.1. The quantitative estimate of drug-likeness (QED) is 0.307. The first-order chi connectivity index (χ1) is 15.8. The monoisotopic (exact) mass is 479 g/mol. The van der Waals surface area contributed by atoms with Crippen molar-refractivity contribution in [1.82, 2.24) is 15.0 Å². The first kappa shape index (κ1) is 20.3. The molecule has 154 valence electrons. The van der Waals surface area contributed by atoms with Crippen LogP contribution in [-0.4, -0.2) is 29.9 Å². The fraction of sp³-hybridized carbons (Fsp3) is 0.0357. The van der Waals surface area contributed by atoms with E-state index in [9.17, 15) is 0 Å². The van der Waals surface area contributed by atoms with Crippen LogP contribution in [-0.2, 0) is 5.32 Å². The second kappa shape index (κ2) is 9.69. The van der Waals surface area contributed by atoms with E-state index in [1.54, 1.807) is 0 Å². The first-order valence-corrected chi connectivity index (χ1v) is 12.6. The van der Waals surface area contributed by atoms with Gasteiger partial charge < -0.3 is 0 Å².